The predicted molar refractivity (Wildman–Crippen MR) is 121 cm³/mol. The number of H-pyrrole nitrogens is 1. The van der Waals surface area contributed by atoms with E-state index in [0.717, 1.165) is 28.4 Å². The van der Waals surface area contributed by atoms with E-state index in [1.165, 1.54) is 6.33 Å². The second-order valence-corrected chi connectivity index (χ2v) is 8.50. The number of benzene rings is 1. The van der Waals surface area contributed by atoms with Crippen LogP contribution in [0.3, 0.4) is 0 Å². The van der Waals surface area contributed by atoms with Crippen molar-refractivity contribution in [2.75, 3.05) is 19.6 Å². The van der Waals surface area contributed by atoms with E-state index in [1.807, 2.05) is 12.3 Å². The topological polar surface area (TPSA) is 95.6 Å². The van der Waals surface area contributed by atoms with Gasteiger partial charge in [0.05, 0.1) is 30.4 Å². The molecule has 0 saturated carbocycles. The van der Waals surface area contributed by atoms with Crippen molar-refractivity contribution in [2.24, 2.45) is 0 Å². The first-order valence-electron chi connectivity index (χ1n) is 11.2. The van der Waals surface area contributed by atoms with Crippen molar-refractivity contribution in [3.05, 3.63) is 60.6 Å². The number of ether oxygens (including phenoxy) is 1. The SMILES string of the molecule is N#CCC(CN1CCC(Oc2cc(F)cc(F)c2F)CC1)n1cc(-c2ncnc3[nH]ccc23)cn1. The second-order valence-electron chi connectivity index (χ2n) is 8.50. The Labute approximate surface area is 199 Å². The van der Waals surface area contributed by atoms with Gasteiger partial charge in [0.15, 0.2) is 11.6 Å². The number of hydrogen-bond donors (Lipinski definition) is 1. The van der Waals surface area contributed by atoms with Crippen LogP contribution in [0.25, 0.3) is 22.3 Å². The molecule has 1 N–H and O–H groups in total. The summed E-state index contributed by atoms with van der Waals surface area (Å²) in [4.78, 5) is 13.9. The monoisotopic (exact) mass is 481 g/mol. The van der Waals surface area contributed by atoms with Crippen LogP contribution in [0.2, 0.25) is 0 Å². The van der Waals surface area contributed by atoms with Gasteiger partial charge in [-0.15, -0.1) is 0 Å². The van der Waals surface area contributed by atoms with E-state index in [2.05, 4.69) is 31.0 Å². The van der Waals surface area contributed by atoms with Gasteiger partial charge in [-0.2, -0.15) is 14.8 Å². The van der Waals surface area contributed by atoms with Crippen LogP contribution < -0.4 is 4.74 Å². The molecule has 1 fully saturated rings. The van der Waals surface area contributed by atoms with Gasteiger partial charge in [0.25, 0.3) is 0 Å². The van der Waals surface area contributed by atoms with Crippen LogP contribution in [-0.4, -0.2) is 55.4 Å². The molecule has 11 heteroatoms. The van der Waals surface area contributed by atoms with E-state index in [-0.39, 0.29) is 18.6 Å². The number of hydrogen-bond acceptors (Lipinski definition) is 6. The number of nitriles is 1. The molecule has 0 radical (unpaired) electrons. The lowest BCUT2D eigenvalue weighted by Crippen LogP contribution is -2.41. The fourth-order valence-corrected chi connectivity index (χ4v) is 4.41. The summed E-state index contributed by atoms with van der Waals surface area (Å²) in [5.41, 5.74) is 2.33. The second kappa shape index (κ2) is 9.76. The first kappa shape index (κ1) is 22.9. The molecule has 0 aliphatic carbocycles. The normalized spacial score (nSPS) is 15.8. The van der Waals surface area contributed by atoms with Crippen molar-refractivity contribution in [1.82, 2.24) is 29.6 Å². The Morgan fingerprint density at radius 3 is 2.83 bits per heavy atom. The molecule has 3 aromatic heterocycles. The summed E-state index contributed by atoms with van der Waals surface area (Å²) in [5.74, 6) is -3.74. The van der Waals surface area contributed by atoms with Gasteiger partial charge in [0.1, 0.15) is 23.9 Å². The molecular formula is C24H22F3N7O. The van der Waals surface area contributed by atoms with Crippen LogP contribution >= 0.6 is 0 Å². The summed E-state index contributed by atoms with van der Waals surface area (Å²) in [7, 11) is 0. The highest BCUT2D eigenvalue weighted by Gasteiger charge is 2.26. The molecule has 1 aliphatic rings. The molecule has 0 spiro atoms. The van der Waals surface area contributed by atoms with Gasteiger partial charge in [-0.25, -0.2) is 18.7 Å². The lowest BCUT2D eigenvalue weighted by molar-refractivity contribution is 0.0873. The molecule has 180 valence electrons. The Balaban J connectivity index is 1.24. The highest BCUT2D eigenvalue weighted by Crippen LogP contribution is 2.28. The molecule has 1 saturated heterocycles. The predicted octanol–water partition coefficient (Wildman–Crippen LogP) is 4.24. The number of fused-ring (bicyclic) bond motifs is 1. The van der Waals surface area contributed by atoms with Crippen LogP contribution in [0.5, 0.6) is 5.75 Å². The number of halogens is 3. The van der Waals surface area contributed by atoms with Crippen molar-refractivity contribution >= 4 is 11.0 Å². The van der Waals surface area contributed by atoms with Crippen LogP contribution in [0, 0.1) is 28.8 Å². The minimum atomic E-state index is -1.27. The van der Waals surface area contributed by atoms with Crippen molar-refractivity contribution in [3.63, 3.8) is 0 Å². The largest absolute Gasteiger partial charge is 0.487 e. The molecule has 4 aromatic rings. The zero-order valence-electron chi connectivity index (χ0n) is 18.7. The Morgan fingerprint density at radius 2 is 2.03 bits per heavy atom. The molecule has 1 unspecified atom stereocenters. The average Bonchev–Trinajstić information content (AvgIpc) is 3.53. The third-order valence-corrected chi connectivity index (χ3v) is 6.19. The maximum Gasteiger partial charge on any atom is 0.200 e. The molecule has 1 aliphatic heterocycles. The lowest BCUT2D eigenvalue weighted by Gasteiger charge is -2.34. The van der Waals surface area contributed by atoms with E-state index in [0.29, 0.717) is 38.5 Å². The van der Waals surface area contributed by atoms with Crippen LogP contribution in [-0.2, 0) is 0 Å². The van der Waals surface area contributed by atoms with Gasteiger partial charge in [-0.05, 0) is 18.9 Å². The quantitative estimate of drug-likeness (QED) is 0.397. The van der Waals surface area contributed by atoms with Gasteiger partial charge in [0.2, 0.25) is 5.82 Å². The standard InChI is InChI=1S/C24H22F3N7O/c25-16-9-20(26)22(27)21(10-16)35-18-3-7-33(8-4-18)13-17(1-5-28)34-12-15(11-32-34)23-19-2-6-29-24(19)31-14-30-23/h2,6,9-12,14,17-18H,1,3-4,7-8,13H2,(H,29,30,31). The summed E-state index contributed by atoms with van der Waals surface area (Å²) in [5, 5.41) is 14.8. The van der Waals surface area contributed by atoms with Gasteiger partial charge >= 0.3 is 0 Å². The van der Waals surface area contributed by atoms with Gasteiger partial charge in [-0.1, -0.05) is 0 Å². The minimum absolute atomic E-state index is 0.176. The third-order valence-electron chi connectivity index (χ3n) is 6.19. The third kappa shape index (κ3) is 4.83. The van der Waals surface area contributed by atoms with Crippen LogP contribution in [0.1, 0.15) is 25.3 Å². The molecule has 5 rings (SSSR count). The zero-order chi connectivity index (χ0) is 24.4. The highest BCUT2D eigenvalue weighted by atomic mass is 19.2. The first-order chi connectivity index (χ1) is 17.0. The van der Waals surface area contributed by atoms with Crippen molar-refractivity contribution in [3.8, 4) is 23.1 Å². The van der Waals surface area contributed by atoms with Gasteiger partial charge < -0.3 is 14.6 Å². The molecule has 0 bridgehead atoms. The number of aromatic nitrogens is 5. The first-order valence-corrected chi connectivity index (χ1v) is 11.2. The molecular weight excluding hydrogens is 459 g/mol. The Hall–Kier alpha value is -3.91. The summed E-state index contributed by atoms with van der Waals surface area (Å²) in [6, 6.07) is 5.32. The molecule has 35 heavy (non-hydrogen) atoms. The Kier molecular flexibility index (Phi) is 6.37. The summed E-state index contributed by atoms with van der Waals surface area (Å²) < 4.78 is 48.1. The van der Waals surface area contributed by atoms with E-state index in [1.54, 1.807) is 17.1 Å². The summed E-state index contributed by atoms with van der Waals surface area (Å²) in [6.07, 6.45) is 7.96. The summed E-state index contributed by atoms with van der Waals surface area (Å²) >= 11 is 0. The van der Waals surface area contributed by atoms with Crippen LogP contribution in [0.15, 0.2) is 43.1 Å². The molecule has 1 atom stereocenters. The maximum atomic E-state index is 13.9. The van der Waals surface area contributed by atoms with E-state index in [4.69, 9.17) is 4.74 Å². The number of likely N-dealkylation sites (tertiary alicyclic amines) is 1. The lowest BCUT2D eigenvalue weighted by atomic mass is 10.1. The number of rotatable bonds is 7. The van der Waals surface area contributed by atoms with Crippen LogP contribution in [0.4, 0.5) is 13.2 Å². The number of aromatic amines is 1. The molecule has 8 nitrogen and oxygen atoms in total. The molecule has 4 heterocycles. The number of nitrogens with zero attached hydrogens (tertiary/aromatic N) is 6. The van der Waals surface area contributed by atoms with E-state index >= 15 is 0 Å². The summed E-state index contributed by atoms with van der Waals surface area (Å²) in [6.45, 7) is 1.86. The van der Waals surface area contributed by atoms with Crippen molar-refractivity contribution in [2.45, 2.75) is 31.4 Å². The fraction of sp³-hybridized carbons (Fsp3) is 0.333. The van der Waals surface area contributed by atoms with Crippen molar-refractivity contribution < 1.29 is 17.9 Å². The number of piperidine rings is 1. The highest BCUT2D eigenvalue weighted by molar-refractivity contribution is 5.89. The molecule has 1 aromatic carbocycles. The Bertz CT molecular complexity index is 1370. The Morgan fingerprint density at radius 1 is 1.20 bits per heavy atom. The smallest absolute Gasteiger partial charge is 0.200 e. The fourth-order valence-electron chi connectivity index (χ4n) is 4.41. The number of nitrogens with one attached hydrogen (secondary N) is 1. The van der Waals surface area contributed by atoms with Gasteiger partial charge in [0, 0.05) is 55.1 Å². The zero-order valence-corrected chi connectivity index (χ0v) is 18.7. The maximum absolute atomic E-state index is 13.9. The van der Waals surface area contributed by atoms with Gasteiger partial charge in [-0.3, -0.25) is 4.68 Å². The van der Waals surface area contributed by atoms with E-state index in [9.17, 15) is 18.4 Å². The van der Waals surface area contributed by atoms with E-state index < -0.39 is 23.2 Å². The molecule has 0 amide bonds. The minimum Gasteiger partial charge on any atom is -0.487 e. The van der Waals surface area contributed by atoms with Crippen molar-refractivity contribution in [1.29, 1.82) is 5.26 Å². The average molecular weight is 481 g/mol.